The number of aromatic nitrogens is 4. The lowest BCUT2D eigenvalue weighted by Gasteiger charge is -2.35. The summed E-state index contributed by atoms with van der Waals surface area (Å²) < 4.78 is 1.76. The van der Waals surface area contributed by atoms with Gasteiger partial charge in [-0.05, 0) is 43.6 Å². The highest BCUT2D eigenvalue weighted by atomic mass is 35.5. The third-order valence-electron chi connectivity index (χ3n) is 6.51. The maximum atomic E-state index is 12.7. The van der Waals surface area contributed by atoms with Crippen molar-refractivity contribution in [3.05, 3.63) is 40.0 Å². The van der Waals surface area contributed by atoms with Gasteiger partial charge in [0.1, 0.15) is 11.0 Å². The Hall–Kier alpha value is -2.62. The molecule has 0 spiro atoms. The molecule has 9 nitrogen and oxygen atoms in total. The summed E-state index contributed by atoms with van der Waals surface area (Å²) in [7, 11) is 1.87. The molecule has 3 aromatic rings. The Morgan fingerprint density at radius 1 is 1.06 bits per heavy atom. The van der Waals surface area contributed by atoms with Crippen LogP contribution >= 0.6 is 23.2 Å². The van der Waals surface area contributed by atoms with E-state index in [4.69, 9.17) is 33.2 Å². The Morgan fingerprint density at radius 2 is 1.82 bits per heavy atom. The Bertz CT molecular complexity index is 1190. The average Bonchev–Trinajstić information content (AvgIpc) is 3.48. The Morgan fingerprint density at radius 3 is 2.56 bits per heavy atom. The van der Waals surface area contributed by atoms with Crippen molar-refractivity contribution in [1.82, 2.24) is 29.5 Å². The molecule has 2 aliphatic heterocycles. The third-order valence-corrected chi connectivity index (χ3v) is 7.10. The number of amides is 1. The van der Waals surface area contributed by atoms with Crippen molar-refractivity contribution in [3.8, 4) is 0 Å². The van der Waals surface area contributed by atoms with E-state index in [0.29, 0.717) is 61.1 Å². The fraction of sp³-hybridized carbons (Fsp3) is 0.478. The molecule has 0 atom stereocenters. The van der Waals surface area contributed by atoms with Crippen LogP contribution in [-0.2, 0) is 18.4 Å². The van der Waals surface area contributed by atoms with Gasteiger partial charge in [0.25, 0.3) is 0 Å². The fourth-order valence-corrected chi connectivity index (χ4v) is 5.04. The van der Waals surface area contributed by atoms with Crippen LogP contribution in [0.3, 0.4) is 0 Å². The summed E-state index contributed by atoms with van der Waals surface area (Å²) in [5.41, 5.74) is 2.52. The number of rotatable bonds is 6. The second-order valence-electron chi connectivity index (χ2n) is 8.81. The van der Waals surface area contributed by atoms with Crippen LogP contribution in [0.15, 0.2) is 24.4 Å². The monoisotopic (exact) mass is 502 g/mol. The van der Waals surface area contributed by atoms with Crippen molar-refractivity contribution in [3.63, 3.8) is 0 Å². The van der Waals surface area contributed by atoms with Crippen LogP contribution in [0.1, 0.15) is 18.4 Å². The van der Waals surface area contributed by atoms with E-state index in [2.05, 4.69) is 20.2 Å². The minimum Gasteiger partial charge on any atom is -0.364 e. The number of fused-ring (bicyclic) bond motifs is 1. The van der Waals surface area contributed by atoms with Gasteiger partial charge in [-0.25, -0.2) is 4.98 Å². The molecule has 0 aliphatic carbocycles. The third kappa shape index (κ3) is 4.92. The zero-order valence-electron chi connectivity index (χ0n) is 19.2. The van der Waals surface area contributed by atoms with Crippen molar-refractivity contribution in [2.45, 2.75) is 19.4 Å². The van der Waals surface area contributed by atoms with E-state index in [-0.39, 0.29) is 5.91 Å². The first-order valence-corrected chi connectivity index (χ1v) is 12.4. The van der Waals surface area contributed by atoms with Crippen LogP contribution in [0, 0.1) is 0 Å². The van der Waals surface area contributed by atoms with Crippen molar-refractivity contribution in [2.75, 3.05) is 56.0 Å². The number of piperazine rings is 1. The van der Waals surface area contributed by atoms with Crippen molar-refractivity contribution in [1.29, 1.82) is 0 Å². The van der Waals surface area contributed by atoms with E-state index in [1.54, 1.807) is 16.9 Å². The highest BCUT2D eigenvalue weighted by molar-refractivity contribution is 6.35. The van der Waals surface area contributed by atoms with Crippen LogP contribution in [0.5, 0.6) is 0 Å². The van der Waals surface area contributed by atoms with E-state index in [1.807, 2.05) is 24.1 Å². The molecule has 180 valence electrons. The lowest BCUT2D eigenvalue weighted by atomic mass is 10.2. The van der Waals surface area contributed by atoms with Crippen LogP contribution in [-0.4, -0.2) is 81.3 Å². The quantitative estimate of drug-likeness (QED) is 0.554. The highest BCUT2D eigenvalue weighted by Crippen LogP contribution is 2.26. The van der Waals surface area contributed by atoms with E-state index >= 15 is 0 Å². The topological polar surface area (TPSA) is 82.4 Å². The number of halogens is 2. The molecule has 1 aromatic carbocycles. The maximum absolute atomic E-state index is 12.7. The van der Waals surface area contributed by atoms with E-state index in [9.17, 15) is 4.79 Å². The second kappa shape index (κ2) is 9.93. The molecule has 0 bridgehead atoms. The number of hydrogen-bond donors (Lipinski definition) is 1. The van der Waals surface area contributed by atoms with Gasteiger partial charge in [0.2, 0.25) is 11.9 Å². The van der Waals surface area contributed by atoms with E-state index in [1.165, 1.54) is 12.8 Å². The number of likely N-dealkylation sites (tertiary alicyclic amines) is 1. The van der Waals surface area contributed by atoms with Gasteiger partial charge in [0.15, 0.2) is 5.82 Å². The van der Waals surface area contributed by atoms with Gasteiger partial charge in [0, 0.05) is 49.8 Å². The summed E-state index contributed by atoms with van der Waals surface area (Å²) in [4.78, 5) is 28.6. The summed E-state index contributed by atoms with van der Waals surface area (Å²) in [6.45, 7) is 5.81. The highest BCUT2D eigenvalue weighted by Gasteiger charge is 2.26. The molecule has 4 heterocycles. The molecule has 0 unspecified atom stereocenters. The minimum absolute atomic E-state index is 0.215. The number of nitrogens with zero attached hydrogens (tertiary/aromatic N) is 7. The smallest absolute Gasteiger partial charge is 0.236 e. The SMILES string of the molecule is Cn1ncc2nc(N3CCN(C(=O)CN4CCCC4)CC3)nc(NCc3ccc(Cl)cc3Cl)c21. The van der Waals surface area contributed by atoms with Crippen LogP contribution in [0.4, 0.5) is 11.8 Å². The molecular formula is C23H28Cl2N8O. The second-order valence-corrected chi connectivity index (χ2v) is 9.66. The Balaban J connectivity index is 1.29. The maximum Gasteiger partial charge on any atom is 0.236 e. The molecule has 2 saturated heterocycles. The van der Waals surface area contributed by atoms with Crippen LogP contribution in [0.25, 0.3) is 11.0 Å². The molecule has 2 aliphatic rings. The number of benzene rings is 1. The molecule has 0 saturated carbocycles. The first-order chi connectivity index (χ1) is 16.5. The molecule has 5 rings (SSSR count). The largest absolute Gasteiger partial charge is 0.364 e. The molecule has 34 heavy (non-hydrogen) atoms. The number of aryl methyl sites for hydroxylation is 1. The summed E-state index contributed by atoms with van der Waals surface area (Å²) >= 11 is 12.4. The molecule has 1 N–H and O–H groups in total. The standard InChI is InChI=1S/C23H28Cl2N8O/c1-30-21-19(14-27-30)28-23(29-22(21)26-13-16-4-5-17(24)12-18(16)25)33-10-8-32(9-11-33)20(34)15-31-6-2-3-7-31/h4-5,12,14H,2-3,6-11,13,15H2,1H3,(H,26,28,29). The molecule has 11 heteroatoms. The summed E-state index contributed by atoms with van der Waals surface area (Å²) in [5.74, 6) is 1.54. The van der Waals surface area contributed by atoms with Crippen molar-refractivity contribution >= 4 is 51.9 Å². The fourth-order valence-electron chi connectivity index (χ4n) is 4.56. The predicted octanol–water partition coefficient (Wildman–Crippen LogP) is 3.03. The van der Waals surface area contributed by atoms with Crippen LogP contribution in [0.2, 0.25) is 10.0 Å². The molecule has 1 amide bonds. The number of anilines is 2. The normalized spacial score (nSPS) is 17.0. The van der Waals surface area contributed by atoms with Gasteiger partial charge >= 0.3 is 0 Å². The summed E-state index contributed by atoms with van der Waals surface area (Å²) in [6.07, 6.45) is 4.13. The zero-order chi connectivity index (χ0) is 23.7. The number of carbonyl (C=O) groups is 1. The van der Waals surface area contributed by atoms with Gasteiger partial charge in [-0.2, -0.15) is 10.1 Å². The molecule has 2 aromatic heterocycles. The molecule has 2 fully saturated rings. The lowest BCUT2D eigenvalue weighted by Crippen LogP contribution is -2.51. The summed E-state index contributed by atoms with van der Waals surface area (Å²) in [6, 6.07) is 5.45. The van der Waals surface area contributed by atoms with Crippen molar-refractivity contribution < 1.29 is 4.79 Å². The average molecular weight is 503 g/mol. The predicted molar refractivity (Wildman–Crippen MR) is 135 cm³/mol. The van der Waals surface area contributed by atoms with Gasteiger partial charge in [-0.1, -0.05) is 29.3 Å². The number of nitrogens with one attached hydrogen (secondary N) is 1. The Labute approximate surface area is 208 Å². The lowest BCUT2D eigenvalue weighted by molar-refractivity contribution is -0.132. The minimum atomic E-state index is 0.215. The van der Waals surface area contributed by atoms with E-state index in [0.717, 1.165) is 29.7 Å². The van der Waals surface area contributed by atoms with Gasteiger partial charge in [-0.15, -0.1) is 0 Å². The van der Waals surface area contributed by atoms with Crippen LogP contribution < -0.4 is 10.2 Å². The molecule has 0 radical (unpaired) electrons. The van der Waals surface area contributed by atoms with Gasteiger partial charge in [0.05, 0.1) is 12.7 Å². The Kier molecular flexibility index (Phi) is 6.76. The first kappa shape index (κ1) is 23.1. The van der Waals surface area contributed by atoms with Gasteiger partial charge < -0.3 is 15.1 Å². The number of carbonyl (C=O) groups excluding carboxylic acids is 1. The van der Waals surface area contributed by atoms with Crippen molar-refractivity contribution in [2.24, 2.45) is 7.05 Å². The first-order valence-electron chi connectivity index (χ1n) is 11.6. The van der Waals surface area contributed by atoms with E-state index < -0.39 is 0 Å². The number of hydrogen-bond acceptors (Lipinski definition) is 7. The van der Waals surface area contributed by atoms with Gasteiger partial charge in [-0.3, -0.25) is 14.4 Å². The summed E-state index contributed by atoms with van der Waals surface area (Å²) in [5, 5.41) is 8.97. The molecular weight excluding hydrogens is 475 g/mol. The zero-order valence-corrected chi connectivity index (χ0v) is 20.7.